The van der Waals surface area contributed by atoms with Crippen molar-refractivity contribution >= 4 is 16.6 Å². The molecule has 76 valence electrons. The molecule has 3 rings (SSSR count). The lowest BCUT2D eigenvalue weighted by Crippen LogP contribution is -2.51. The first-order valence-corrected chi connectivity index (χ1v) is 5.24. The van der Waals surface area contributed by atoms with E-state index in [1.165, 1.54) is 5.39 Å². The van der Waals surface area contributed by atoms with E-state index in [4.69, 9.17) is 0 Å². The minimum absolute atomic E-state index is 0.563. The molecule has 1 fully saturated rings. The van der Waals surface area contributed by atoms with Gasteiger partial charge in [0.15, 0.2) is 0 Å². The number of hydrogen-bond acceptors (Lipinski definition) is 3. The number of benzene rings is 1. The fraction of sp³-hybridized carbons (Fsp3) is 0.250. The fourth-order valence-corrected chi connectivity index (χ4v) is 1.78. The van der Waals surface area contributed by atoms with E-state index in [-0.39, 0.29) is 0 Å². The van der Waals surface area contributed by atoms with Gasteiger partial charge in [-0.3, -0.25) is 4.98 Å². The van der Waals surface area contributed by atoms with Gasteiger partial charge in [-0.05, 0) is 12.1 Å². The maximum atomic E-state index is 4.41. The molecule has 15 heavy (non-hydrogen) atoms. The molecule has 0 saturated carbocycles. The van der Waals surface area contributed by atoms with Crippen LogP contribution in [0.5, 0.6) is 0 Å². The summed E-state index contributed by atoms with van der Waals surface area (Å²) in [6.07, 6.45) is 1.90. The van der Waals surface area contributed by atoms with Crippen molar-refractivity contribution in [2.45, 2.75) is 6.04 Å². The van der Waals surface area contributed by atoms with Crippen molar-refractivity contribution in [1.82, 2.24) is 10.3 Å². The van der Waals surface area contributed by atoms with E-state index >= 15 is 0 Å². The predicted molar refractivity (Wildman–Crippen MR) is 62.0 cm³/mol. The molecular formula is C12H13N3. The van der Waals surface area contributed by atoms with Crippen molar-refractivity contribution in [3.8, 4) is 0 Å². The normalized spacial score (nSPS) is 16.3. The van der Waals surface area contributed by atoms with E-state index < -0.39 is 0 Å². The number of aromatic nitrogens is 1. The second-order valence-corrected chi connectivity index (χ2v) is 3.92. The van der Waals surface area contributed by atoms with Gasteiger partial charge in [0.2, 0.25) is 0 Å². The first-order chi connectivity index (χ1) is 7.42. The Morgan fingerprint density at radius 1 is 1.27 bits per heavy atom. The molecule has 0 unspecified atom stereocenters. The Morgan fingerprint density at radius 2 is 2.13 bits per heavy atom. The summed E-state index contributed by atoms with van der Waals surface area (Å²) in [7, 11) is 0. The van der Waals surface area contributed by atoms with Gasteiger partial charge >= 0.3 is 0 Å². The minimum Gasteiger partial charge on any atom is -0.378 e. The summed E-state index contributed by atoms with van der Waals surface area (Å²) < 4.78 is 0. The van der Waals surface area contributed by atoms with Crippen LogP contribution >= 0.6 is 0 Å². The van der Waals surface area contributed by atoms with Crippen molar-refractivity contribution in [2.75, 3.05) is 18.4 Å². The summed E-state index contributed by atoms with van der Waals surface area (Å²) in [6.45, 7) is 2.10. The topological polar surface area (TPSA) is 37.0 Å². The molecule has 2 aromatic rings. The Bertz CT molecular complexity index is 477. The summed E-state index contributed by atoms with van der Waals surface area (Å²) in [5.74, 6) is 0. The van der Waals surface area contributed by atoms with Gasteiger partial charge in [-0.15, -0.1) is 0 Å². The Morgan fingerprint density at radius 3 is 2.93 bits per heavy atom. The standard InChI is InChI=1S/C12H13N3/c1-2-4-12-9(3-1)5-10(8-14-12)15-11-6-13-7-11/h1-5,8,11,13,15H,6-7H2. The monoisotopic (exact) mass is 199 g/mol. The molecule has 1 saturated heterocycles. The lowest BCUT2D eigenvalue weighted by Gasteiger charge is -2.28. The highest BCUT2D eigenvalue weighted by Crippen LogP contribution is 2.17. The van der Waals surface area contributed by atoms with Crippen LogP contribution < -0.4 is 10.6 Å². The number of anilines is 1. The average molecular weight is 199 g/mol. The van der Waals surface area contributed by atoms with Crippen LogP contribution in [-0.2, 0) is 0 Å². The third-order valence-electron chi connectivity index (χ3n) is 2.74. The third kappa shape index (κ3) is 1.66. The van der Waals surface area contributed by atoms with Crippen molar-refractivity contribution in [2.24, 2.45) is 0 Å². The molecule has 0 radical (unpaired) electrons. The first-order valence-electron chi connectivity index (χ1n) is 5.24. The molecule has 1 aromatic heterocycles. The lowest BCUT2D eigenvalue weighted by atomic mass is 10.1. The SMILES string of the molecule is c1ccc2ncc(NC3CNC3)cc2c1. The Labute approximate surface area is 88.5 Å². The lowest BCUT2D eigenvalue weighted by molar-refractivity contribution is 0.472. The summed E-state index contributed by atoms with van der Waals surface area (Å²) in [5, 5.41) is 7.87. The van der Waals surface area contributed by atoms with E-state index in [0.717, 1.165) is 24.3 Å². The summed E-state index contributed by atoms with van der Waals surface area (Å²) in [5.41, 5.74) is 2.16. The highest BCUT2D eigenvalue weighted by Gasteiger charge is 2.15. The van der Waals surface area contributed by atoms with Crippen LogP contribution in [0.25, 0.3) is 10.9 Å². The zero-order valence-corrected chi connectivity index (χ0v) is 8.40. The number of para-hydroxylation sites is 1. The Kier molecular flexibility index (Phi) is 2.03. The van der Waals surface area contributed by atoms with Crippen LogP contribution in [0, 0.1) is 0 Å². The largest absolute Gasteiger partial charge is 0.378 e. The smallest absolute Gasteiger partial charge is 0.0703 e. The summed E-state index contributed by atoms with van der Waals surface area (Å²) in [6, 6.07) is 10.9. The molecule has 0 atom stereocenters. The number of fused-ring (bicyclic) bond motifs is 1. The molecule has 0 bridgehead atoms. The van der Waals surface area contributed by atoms with Gasteiger partial charge in [0, 0.05) is 18.5 Å². The van der Waals surface area contributed by atoms with E-state index in [9.17, 15) is 0 Å². The highest BCUT2D eigenvalue weighted by molar-refractivity contribution is 5.81. The van der Waals surface area contributed by atoms with E-state index in [0.29, 0.717) is 6.04 Å². The number of hydrogen-bond donors (Lipinski definition) is 2. The van der Waals surface area contributed by atoms with Crippen LogP contribution in [-0.4, -0.2) is 24.1 Å². The van der Waals surface area contributed by atoms with Gasteiger partial charge in [0.1, 0.15) is 0 Å². The Balaban J connectivity index is 1.91. The van der Waals surface area contributed by atoms with Crippen molar-refractivity contribution in [1.29, 1.82) is 0 Å². The number of nitrogens with one attached hydrogen (secondary N) is 2. The van der Waals surface area contributed by atoms with Crippen LogP contribution in [0.15, 0.2) is 36.5 Å². The number of nitrogens with zero attached hydrogens (tertiary/aromatic N) is 1. The molecule has 2 heterocycles. The zero-order chi connectivity index (χ0) is 10.1. The average Bonchev–Trinajstić information content (AvgIpc) is 2.23. The second kappa shape index (κ2) is 3.51. The Hall–Kier alpha value is -1.61. The van der Waals surface area contributed by atoms with Gasteiger partial charge in [0.25, 0.3) is 0 Å². The van der Waals surface area contributed by atoms with Crippen LogP contribution in [0.1, 0.15) is 0 Å². The van der Waals surface area contributed by atoms with Gasteiger partial charge < -0.3 is 10.6 Å². The van der Waals surface area contributed by atoms with E-state index in [1.807, 2.05) is 24.4 Å². The summed E-state index contributed by atoms with van der Waals surface area (Å²) >= 11 is 0. The minimum atomic E-state index is 0.563. The van der Waals surface area contributed by atoms with Crippen molar-refractivity contribution in [3.63, 3.8) is 0 Å². The van der Waals surface area contributed by atoms with Gasteiger partial charge in [0.05, 0.1) is 23.4 Å². The molecule has 0 amide bonds. The molecule has 1 aromatic carbocycles. The molecule has 2 N–H and O–H groups in total. The fourth-order valence-electron chi connectivity index (χ4n) is 1.78. The molecule has 1 aliphatic heterocycles. The van der Waals surface area contributed by atoms with Gasteiger partial charge in [-0.2, -0.15) is 0 Å². The van der Waals surface area contributed by atoms with Crippen LogP contribution in [0.3, 0.4) is 0 Å². The zero-order valence-electron chi connectivity index (χ0n) is 8.40. The molecule has 3 heteroatoms. The maximum absolute atomic E-state index is 4.41. The molecule has 3 nitrogen and oxygen atoms in total. The maximum Gasteiger partial charge on any atom is 0.0703 e. The van der Waals surface area contributed by atoms with Crippen LogP contribution in [0.4, 0.5) is 5.69 Å². The first kappa shape index (κ1) is 8.68. The quantitative estimate of drug-likeness (QED) is 0.771. The highest BCUT2D eigenvalue weighted by atomic mass is 15.1. The summed E-state index contributed by atoms with van der Waals surface area (Å²) in [4.78, 5) is 4.41. The van der Waals surface area contributed by atoms with Crippen molar-refractivity contribution in [3.05, 3.63) is 36.5 Å². The number of rotatable bonds is 2. The van der Waals surface area contributed by atoms with E-state index in [1.54, 1.807) is 0 Å². The van der Waals surface area contributed by atoms with Crippen molar-refractivity contribution < 1.29 is 0 Å². The molecular weight excluding hydrogens is 186 g/mol. The van der Waals surface area contributed by atoms with Crippen LogP contribution in [0.2, 0.25) is 0 Å². The number of pyridine rings is 1. The second-order valence-electron chi connectivity index (χ2n) is 3.92. The molecule has 1 aliphatic rings. The third-order valence-corrected chi connectivity index (χ3v) is 2.74. The van der Waals surface area contributed by atoms with E-state index in [2.05, 4.69) is 27.8 Å². The predicted octanol–water partition coefficient (Wildman–Crippen LogP) is 1.62. The van der Waals surface area contributed by atoms with Gasteiger partial charge in [-0.1, -0.05) is 18.2 Å². The van der Waals surface area contributed by atoms with Gasteiger partial charge in [-0.25, -0.2) is 0 Å². The molecule has 0 spiro atoms. The molecule has 0 aliphatic carbocycles.